The molecule has 2 rings (SSSR count). The summed E-state index contributed by atoms with van der Waals surface area (Å²) in [4.78, 5) is 11.8. The Morgan fingerprint density at radius 3 is 2.63 bits per heavy atom. The lowest BCUT2D eigenvalue weighted by Crippen LogP contribution is -2.14. The third kappa shape index (κ3) is 3.09. The van der Waals surface area contributed by atoms with E-state index in [4.69, 9.17) is 11.6 Å². The van der Waals surface area contributed by atoms with Crippen LogP contribution in [-0.2, 0) is 5.88 Å². The van der Waals surface area contributed by atoms with E-state index in [9.17, 15) is 13.6 Å². The zero-order chi connectivity index (χ0) is 13.8. The minimum Gasteiger partial charge on any atom is -0.322 e. The van der Waals surface area contributed by atoms with Crippen LogP contribution in [0.15, 0.2) is 42.5 Å². The molecule has 98 valence electrons. The second-order valence-corrected chi connectivity index (χ2v) is 4.16. The molecule has 0 atom stereocenters. The lowest BCUT2D eigenvalue weighted by atomic mass is 10.1. The van der Waals surface area contributed by atoms with E-state index in [1.54, 1.807) is 24.3 Å². The standard InChI is InChI=1S/C14H10ClF2NO/c15-8-9-3-1-4-10(7-9)18-14(19)11-5-2-6-12(16)13(11)17/h1-7H,8H2,(H,18,19). The first-order valence-electron chi connectivity index (χ1n) is 5.52. The highest BCUT2D eigenvalue weighted by molar-refractivity contribution is 6.17. The minimum absolute atomic E-state index is 0.304. The van der Waals surface area contributed by atoms with Gasteiger partial charge < -0.3 is 5.32 Å². The minimum atomic E-state index is -1.16. The summed E-state index contributed by atoms with van der Waals surface area (Å²) in [5, 5.41) is 2.50. The van der Waals surface area contributed by atoms with Crippen LogP contribution >= 0.6 is 11.6 Å². The Kier molecular flexibility index (Phi) is 4.12. The molecule has 0 saturated carbocycles. The van der Waals surface area contributed by atoms with Crippen LogP contribution < -0.4 is 5.32 Å². The number of alkyl halides is 1. The molecule has 2 aromatic rings. The van der Waals surface area contributed by atoms with Gasteiger partial charge in [0.1, 0.15) is 0 Å². The number of carbonyl (C=O) groups is 1. The number of halogens is 3. The van der Waals surface area contributed by atoms with Gasteiger partial charge in [0, 0.05) is 11.6 Å². The first-order chi connectivity index (χ1) is 9.11. The maximum absolute atomic E-state index is 13.4. The molecule has 0 unspecified atom stereocenters. The van der Waals surface area contributed by atoms with E-state index in [2.05, 4.69) is 5.32 Å². The largest absolute Gasteiger partial charge is 0.322 e. The van der Waals surface area contributed by atoms with Gasteiger partial charge in [-0.15, -0.1) is 11.6 Å². The molecule has 1 N–H and O–H groups in total. The number of benzene rings is 2. The number of carbonyl (C=O) groups excluding carboxylic acids is 1. The molecule has 0 aliphatic heterocycles. The lowest BCUT2D eigenvalue weighted by Gasteiger charge is -2.07. The third-order valence-corrected chi connectivity index (χ3v) is 2.84. The molecule has 0 aromatic heterocycles. The van der Waals surface area contributed by atoms with Crippen LogP contribution in [0.5, 0.6) is 0 Å². The number of anilines is 1. The molecule has 0 aliphatic carbocycles. The van der Waals surface area contributed by atoms with E-state index >= 15 is 0 Å². The Morgan fingerprint density at radius 2 is 1.89 bits per heavy atom. The van der Waals surface area contributed by atoms with Gasteiger partial charge >= 0.3 is 0 Å². The van der Waals surface area contributed by atoms with Crippen LogP contribution in [-0.4, -0.2) is 5.91 Å². The lowest BCUT2D eigenvalue weighted by molar-refractivity contribution is 0.102. The molecule has 0 fully saturated rings. The highest BCUT2D eigenvalue weighted by Gasteiger charge is 2.15. The molecule has 2 aromatic carbocycles. The van der Waals surface area contributed by atoms with Crippen molar-refractivity contribution in [2.75, 3.05) is 5.32 Å². The average molecular weight is 282 g/mol. The quantitative estimate of drug-likeness (QED) is 0.848. The molecular formula is C14H10ClF2NO. The number of nitrogens with one attached hydrogen (secondary N) is 1. The summed E-state index contributed by atoms with van der Waals surface area (Å²) >= 11 is 5.68. The molecule has 0 heterocycles. The maximum atomic E-state index is 13.4. The highest BCUT2D eigenvalue weighted by Crippen LogP contribution is 2.16. The molecule has 0 spiro atoms. The van der Waals surface area contributed by atoms with Crippen LogP contribution in [0.1, 0.15) is 15.9 Å². The van der Waals surface area contributed by atoms with Crippen molar-refractivity contribution in [3.63, 3.8) is 0 Å². The van der Waals surface area contributed by atoms with Gasteiger partial charge in [-0.1, -0.05) is 18.2 Å². The maximum Gasteiger partial charge on any atom is 0.258 e. The Morgan fingerprint density at radius 1 is 1.16 bits per heavy atom. The smallest absolute Gasteiger partial charge is 0.258 e. The Labute approximate surface area is 114 Å². The summed E-state index contributed by atoms with van der Waals surface area (Å²) in [6, 6.07) is 10.3. The Bertz CT molecular complexity index is 616. The van der Waals surface area contributed by atoms with E-state index in [0.717, 1.165) is 11.6 Å². The predicted molar refractivity (Wildman–Crippen MR) is 70.3 cm³/mol. The fraction of sp³-hybridized carbons (Fsp3) is 0.0714. The third-order valence-electron chi connectivity index (χ3n) is 2.54. The van der Waals surface area contributed by atoms with Gasteiger partial charge in [-0.3, -0.25) is 4.79 Å². The van der Waals surface area contributed by atoms with E-state index in [-0.39, 0.29) is 5.56 Å². The van der Waals surface area contributed by atoms with Gasteiger partial charge in [0.2, 0.25) is 0 Å². The van der Waals surface area contributed by atoms with Gasteiger partial charge in [-0.25, -0.2) is 8.78 Å². The van der Waals surface area contributed by atoms with Crippen molar-refractivity contribution in [2.24, 2.45) is 0 Å². The zero-order valence-electron chi connectivity index (χ0n) is 9.79. The first-order valence-corrected chi connectivity index (χ1v) is 6.05. The molecule has 0 saturated heterocycles. The Hall–Kier alpha value is -1.94. The van der Waals surface area contributed by atoms with Crippen molar-refractivity contribution in [3.05, 3.63) is 65.2 Å². The summed E-state index contributed by atoms with van der Waals surface area (Å²) in [6.07, 6.45) is 0. The number of rotatable bonds is 3. The van der Waals surface area contributed by atoms with Gasteiger partial charge in [0.25, 0.3) is 5.91 Å². The summed E-state index contributed by atoms with van der Waals surface area (Å²) in [5.41, 5.74) is 0.960. The first kappa shape index (κ1) is 13.5. The average Bonchev–Trinajstić information content (AvgIpc) is 2.42. The van der Waals surface area contributed by atoms with Crippen LogP contribution in [0.2, 0.25) is 0 Å². The second kappa shape index (κ2) is 5.80. The van der Waals surface area contributed by atoms with Crippen molar-refractivity contribution < 1.29 is 13.6 Å². The number of amides is 1. The monoisotopic (exact) mass is 281 g/mol. The molecular weight excluding hydrogens is 272 g/mol. The normalized spacial score (nSPS) is 10.3. The van der Waals surface area contributed by atoms with E-state index in [1.165, 1.54) is 12.1 Å². The molecule has 19 heavy (non-hydrogen) atoms. The summed E-state index contributed by atoms with van der Waals surface area (Å²) in [5.74, 6) is -2.61. The van der Waals surface area contributed by atoms with Crippen molar-refractivity contribution in [3.8, 4) is 0 Å². The van der Waals surface area contributed by atoms with Gasteiger partial charge in [-0.05, 0) is 29.8 Å². The number of hydrogen-bond donors (Lipinski definition) is 1. The van der Waals surface area contributed by atoms with Gasteiger partial charge in [0.15, 0.2) is 11.6 Å². The second-order valence-electron chi connectivity index (χ2n) is 3.89. The molecule has 0 bridgehead atoms. The van der Waals surface area contributed by atoms with Crippen LogP contribution in [0.3, 0.4) is 0 Å². The highest BCUT2D eigenvalue weighted by atomic mass is 35.5. The summed E-state index contributed by atoms with van der Waals surface area (Å²) in [6.45, 7) is 0. The Balaban J connectivity index is 2.23. The van der Waals surface area contributed by atoms with Gasteiger partial charge in [-0.2, -0.15) is 0 Å². The molecule has 5 heteroatoms. The van der Waals surface area contributed by atoms with E-state index in [0.29, 0.717) is 11.6 Å². The van der Waals surface area contributed by atoms with Crippen molar-refractivity contribution in [1.29, 1.82) is 0 Å². The molecule has 0 radical (unpaired) electrons. The fourth-order valence-electron chi connectivity index (χ4n) is 1.61. The number of hydrogen-bond acceptors (Lipinski definition) is 1. The SMILES string of the molecule is O=C(Nc1cccc(CCl)c1)c1cccc(F)c1F. The predicted octanol–water partition coefficient (Wildman–Crippen LogP) is 3.96. The van der Waals surface area contributed by atoms with Crippen molar-refractivity contribution in [1.82, 2.24) is 0 Å². The van der Waals surface area contributed by atoms with E-state index in [1.807, 2.05) is 0 Å². The van der Waals surface area contributed by atoms with Crippen LogP contribution in [0.25, 0.3) is 0 Å². The van der Waals surface area contributed by atoms with Crippen molar-refractivity contribution >= 4 is 23.2 Å². The fourth-order valence-corrected chi connectivity index (χ4v) is 1.78. The van der Waals surface area contributed by atoms with Gasteiger partial charge in [0.05, 0.1) is 5.56 Å². The van der Waals surface area contributed by atoms with E-state index < -0.39 is 17.5 Å². The molecule has 2 nitrogen and oxygen atoms in total. The van der Waals surface area contributed by atoms with Crippen LogP contribution in [0, 0.1) is 11.6 Å². The molecule has 0 aliphatic rings. The zero-order valence-corrected chi connectivity index (χ0v) is 10.5. The topological polar surface area (TPSA) is 29.1 Å². The molecule has 1 amide bonds. The summed E-state index contributed by atoms with van der Waals surface area (Å²) < 4.78 is 26.5. The van der Waals surface area contributed by atoms with Crippen molar-refractivity contribution in [2.45, 2.75) is 5.88 Å². The summed E-state index contributed by atoms with van der Waals surface area (Å²) in [7, 11) is 0. The van der Waals surface area contributed by atoms with Crippen LogP contribution in [0.4, 0.5) is 14.5 Å².